The maximum atomic E-state index is 5.08. The summed E-state index contributed by atoms with van der Waals surface area (Å²) in [6, 6.07) is 1.79. The lowest BCUT2D eigenvalue weighted by atomic mass is 10.6. The molecule has 0 aliphatic carbocycles. The van der Waals surface area contributed by atoms with Crippen molar-refractivity contribution in [2.45, 2.75) is 10.2 Å². The second-order valence-electron chi connectivity index (χ2n) is 2.66. The number of nitrogens with zero attached hydrogens (tertiary/aromatic N) is 4. The van der Waals surface area contributed by atoms with Crippen LogP contribution in [0.2, 0.25) is 0 Å². The highest BCUT2D eigenvalue weighted by molar-refractivity contribution is 9.10. The first-order chi connectivity index (χ1) is 7.79. The molecule has 0 aliphatic heterocycles. The second-order valence-corrected chi connectivity index (χ2v) is 4.50. The Bertz CT molecular complexity index is 482. The topological polar surface area (TPSA) is 60.8 Å². The summed E-state index contributed by atoms with van der Waals surface area (Å²) in [6.07, 6.45) is 4.80. The minimum Gasteiger partial charge on any atom is -0.480 e. The first-order valence-electron chi connectivity index (χ1n) is 4.30. The van der Waals surface area contributed by atoms with Crippen molar-refractivity contribution in [2.75, 3.05) is 7.11 Å². The molecule has 16 heavy (non-hydrogen) atoms. The molecule has 2 heterocycles. The summed E-state index contributed by atoms with van der Waals surface area (Å²) in [4.78, 5) is 16.3. The summed E-state index contributed by atoms with van der Waals surface area (Å²) in [7, 11) is 1.56. The molecular weight excluding hydrogens is 292 g/mol. The third kappa shape index (κ3) is 2.67. The molecule has 0 N–H and O–H groups in total. The van der Waals surface area contributed by atoms with Crippen LogP contribution in [0.1, 0.15) is 0 Å². The highest BCUT2D eigenvalue weighted by Crippen LogP contribution is 2.27. The minimum absolute atomic E-state index is 0.506. The van der Waals surface area contributed by atoms with Gasteiger partial charge in [-0.25, -0.2) is 15.0 Å². The van der Waals surface area contributed by atoms with E-state index in [9.17, 15) is 0 Å². The van der Waals surface area contributed by atoms with E-state index in [4.69, 9.17) is 4.74 Å². The van der Waals surface area contributed by atoms with E-state index in [0.717, 1.165) is 9.50 Å². The van der Waals surface area contributed by atoms with Gasteiger partial charge >= 0.3 is 0 Å². The fourth-order valence-electron chi connectivity index (χ4n) is 0.961. The van der Waals surface area contributed by atoms with Crippen LogP contribution in [-0.2, 0) is 0 Å². The third-order valence-corrected chi connectivity index (χ3v) is 3.01. The summed E-state index contributed by atoms with van der Waals surface area (Å²) >= 11 is 4.64. The predicted molar refractivity (Wildman–Crippen MR) is 62.4 cm³/mol. The highest BCUT2D eigenvalue weighted by Gasteiger charge is 2.06. The van der Waals surface area contributed by atoms with Crippen molar-refractivity contribution >= 4 is 27.7 Å². The van der Waals surface area contributed by atoms with Crippen molar-refractivity contribution in [1.82, 2.24) is 19.9 Å². The molecule has 82 valence electrons. The normalized spacial score (nSPS) is 10.1. The zero-order valence-electron chi connectivity index (χ0n) is 8.29. The van der Waals surface area contributed by atoms with E-state index in [1.807, 2.05) is 0 Å². The van der Waals surface area contributed by atoms with E-state index in [-0.39, 0.29) is 0 Å². The van der Waals surface area contributed by atoms with Gasteiger partial charge in [-0.2, -0.15) is 4.98 Å². The molecule has 2 rings (SSSR count). The average molecular weight is 299 g/mol. The predicted octanol–water partition coefficient (Wildman–Crippen LogP) is 2.19. The van der Waals surface area contributed by atoms with E-state index < -0.39 is 0 Å². The molecule has 0 aromatic carbocycles. The van der Waals surface area contributed by atoms with Crippen LogP contribution in [0, 0.1) is 0 Å². The van der Waals surface area contributed by atoms with Gasteiger partial charge in [0.05, 0.1) is 11.6 Å². The van der Waals surface area contributed by atoms with Gasteiger partial charge in [-0.3, -0.25) is 0 Å². The van der Waals surface area contributed by atoms with Crippen LogP contribution in [0.3, 0.4) is 0 Å². The molecule has 0 fully saturated rings. The number of rotatable bonds is 3. The van der Waals surface area contributed by atoms with Crippen LogP contribution in [0.4, 0.5) is 0 Å². The van der Waals surface area contributed by atoms with Crippen molar-refractivity contribution in [1.29, 1.82) is 0 Å². The number of ether oxygens (including phenoxy) is 1. The number of halogens is 1. The molecule has 7 heteroatoms. The van der Waals surface area contributed by atoms with Crippen LogP contribution in [0.15, 0.2) is 39.4 Å². The lowest BCUT2D eigenvalue weighted by Crippen LogP contribution is -1.93. The van der Waals surface area contributed by atoms with Gasteiger partial charge in [0, 0.05) is 12.4 Å². The molecule has 5 nitrogen and oxygen atoms in total. The summed E-state index contributed by atoms with van der Waals surface area (Å²) < 4.78 is 5.80. The Hall–Kier alpha value is -1.21. The van der Waals surface area contributed by atoms with Crippen LogP contribution in [0.25, 0.3) is 0 Å². The fourth-order valence-corrected chi connectivity index (χ4v) is 1.96. The smallest absolute Gasteiger partial charge is 0.231 e. The van der Waals surface area contributed by atoms with Crippen molar-refractivity contribution in [3.63, 3.8) is 0 Å². The molecule has 0 bridgehead atoms. The largest absolute Gasteiger partial charge is 0.480 e. The molecule has 0 atom stereocenters. The Morgan fingerprint density at radius 3 is 2.94 bits per heavy atom. The van der Waals surface area contributed by atoms with Crippen LogP contribution >= 0.6 is 27.7 Å². The first-order valence-corrected chi connectivity index (χ1v) is 5.91. The molecule has 0 aliphatic rings. The maximum Gasteiger partial charge on any atom is 0.231 e. The van der Waals surface area contributed by atoms with Gasteiger partial charge in [-0.15, -0.1) is 0 Å². The zero-order valence-corrected chi connectivity index (χ0v) is 10.7. The standard InChI is InChI=1S/C9H7BrN4OS/c1-15-8-6(10)4-12-9(14-8)16-7-2-3-11-5-13-7/h2-5H,1H3. The average Bonchev–Trinajstić information content (AvgIpc) is 2.33. The van der Waals surface area contributed by atoms with E-state index in [1.54, 1.807) is 25.6 Å². The van der Waals surface area contributed by atoms with Gasteiger partial charge in [0.1, 0.15) is 11.4 Å². The van der Waals surface area contributed by atoms with Crippen molar-refractivity contribution in [3.05, 3.63) is 29.3 Å². The minimum atomic E-state index is 0.506. The number of methoxy groups -OCH3 is 1. The molecule has 2 aromatic rings. The summed E-state index contributed by atoms with van der Waals surface area (Å²) in [5.41, 5.74) is 0. The maximum absolute atomic E-state index is 5.08. The Labute approximate surface area is 105 Å². The Balaban J connectivity index is 2.22. The Morgan fingerprint density at radius 2 is 2.25 bits per heavy atom. The van der Waals surface area contributed by atoms with Gasteiger partial charge in [0.15, 0.2) is 5.16 Å². The Morgan fingerprint density at radius 1 is 1.38 bits per heavy atom. The molecule has 0 amide bonds. The summed E-state index contributed by atoms with van der Waals surface area (Å²) in [5, 5.41) is 1.37. The quantitative estimate of drug-likeness (QED) is 0.639. The van der Waals surface area contributed by atoms with Crippen LogP contribution < -0.4 is 4.74 Å². The molecule has 0 saturated heterocycles. The van der Waals surface area contributed by atoms with Gasteiger partial charge < -0.3 is 4.74 Å². The summed E-state index contributed by atoms with van der Waals surface area (Å²) in [5.74, 6) is 0.506. The lowest BCUT2D eigenvalue weighted by molar-refractivity contribution is 0.389. The van der Waals surface area contributed by atoms with E-state index in [0.29, 0.717) is 11.0 Å². The van der Waals surface area contributed by atoms with Gasteiger partial charge in [0.25, 0.3) is 0 Å². The van der Waals surface area contributed by atoms with E-state index in [2.05, 4.69) is 35.9 Å². The van der Waals surface area contributed by atoms with Gasteiger partial charge in [-0.05, 0) is 33.8 Å². The molecule has 2 aromatic heterocycles. The molecule has 0 radical (unpaired) electrons. The SMILES string of the molecule is COc1nc(Sc2ccncn2)ncc1Br. The first kappa shape index (κ1) is 11.3. The van der Waals surface area contributed by atoms with Gasteiger partial charge in [0.2, 0.25) is 5.88 Å². The summed E-state index contributed by atoms with van der Waals surface area (Å²) in [6.45, 7) is 0. The fraction of sp³-hybridized carbons (Fsp3) is 0.111. The zero-order chi connectivity index (χ0) is 11.4. The number of hydrogen-bond donors (Lipinski definition) is 0. The van der Waals surface area contributed by atoms with Crippen molar-refractivity contribution in [3.8, 4) is 5.88 Å². The van der Waals surface area contributed by atoms with Gasteiger partial charge in [-0.1, -0.05) is 0 Å². The highest BCUT2D eigenvalue weighted by atomic mass is 79.9. The molecule has 0 spiro atoms. The number of aromatic nitrogens is 4. The third-order valence-electron chi connectivity index (χ3n) is 1.63. The van der Waals surface area contributed by atoms with Crippen molar-refractivity contribution < 1.29 is 4.74 Å². The molecule has 0 saturated carbocycles. The van der Waals surface area contributed by atoms with Crippen LogP contribution in [0.5, 0.6) is 5.88 Å². The lowest BCUT2D eigenvalue weighted by Gasteiger charge is -2.03. The van der Waals surface area contributed by atoms with E-state index >= 15 is 0 Å². The van der Waals surface area contributed by atoms with Crippen molar-refractivity contribution in [2.24, 2.45) is 0 Å². The molecule has 0 unspecified atom stereocenters. The molecular formula is C9H7BrN4OS. The van der Waals surface area contributed by atoms with Crippen LogP contribution in [-0.4, -0.2) is 27.0 Å². The number of hydrogen-bond acceptors (Lipinski definition) is 6. The Kier molecular flexibility index (Phi) is 3.68. The monoisotopic (exact) mass is 298 g/mol. The van der Waals surface area contributed by atoms with E-state index in [1.165, 1.54) is 18.1 Å². The second kappa shape index (κ2) is 5.22.